The van der Waals surface area contributed by atoms with E-state index in [1.165, 1.54) is 0 Å². The number of hydrogen-bond acceptors (Lipinski definition) is 6. The highest BCUT2D eigenvalue weighted by Crippen LogP contribution is 2.39. The average Bonchev–Trinajstić information content (AvgIpc) is 2.79. The van der Waals surface area contributed by atoms with Gasteiger partial charge >= 0.3 is 0 Å². The normalized spacial score (nSPS) is 17.6. The molecule has 1 aliphatic rings. The SMILES string of the molecule is N#Cc1cccc(CC(c2cccnc2)(c2cccnc2)N2CCOC(O)C2)c1. The molecule has 1 aromatic carbocycles. The molecule has 1 fully saturated rings. The van der Waals surface area contributed by atoms with Gasteiger partial charge in [0.1, 0.15) is 0 Å². The molecule has 0 radical (unpaired) electrons. The standard InChI is InChI=1S/C23H22N4O2/c24-14-19-5-1-4-18(12-19)13-23(20-6-2-8-25-15-20,21-7-3-9-26-16-21)27-10-11-29-22(28)17-27/h1-9,12,15-16,22,28H,10-11,13,17H2. The fourth-order valence-electron chi connectivity index (χ4n) is 4.09. The number of hydrogen-bond donors (Lipinski definition) is 1. The summed E-state index contributed by atoms with van der Waals surface area (Å²) in [4.78, 5) is 11.0. The van der Waals surface area contributed by atoms with Gasteiger partial charge in [0.15, 0.2) is 6.29 Å². The van der Waals surface area contributed by atoms with Crippen molar-refractivity contribution >= 4 is 0 Å². The molecule has 1 unspecified atom stereocenters. The van der Waals surface area contributed by atoms with Gasteiger partial charge in [-0.25, -0.2) is 0 Å². The van der Waals surface area contributed by atoms with Crippen LogP contribution >= 0.6 is 0 Å². The van der Waals surface area contributed by atoms with Gasteiger partial charge in [-0.15, -0.1) is 0 Å². The Morgan fingerprint density at radius 3 is 2.41 bits per heavy atom. The molecule has 1 aliphatic heterocycles. The third kappa shape index (κ3) is 3.89. The fraction of sp³-hybridized carbons (Fsp3) is 0.261. The molecule has 6 heteroatoms. The predicted molar refractivity (Wildman–Crippen MR) is 108 cm³/mol. The summed E-state index contributed by atoms with van der Waals surface area (Å²) in [7, 11) is 0. The lowest BCUT2D eigenvalue weighted by molar-refractivity contribution is -0.162. The Kier molecular flexibility index (Phi) is 5.63. The molecule has 4 rings (SSSR count). The van der Waals surface area contributed by atoms with E-state index in [0.717, 1.165) is 16.7 Å². The molecular weight excluding hydrogens is 364 g/mol. The first-order chi connectivity index (χ1) is 14.2. The molecule has 0 spiro atoms. The number of pyridine rings is 2. The van der Waals surface area contributed by atoms with Crippen LogP contribution in [0.5, 0.6) is 0 Å². The van der Waals surface area contributed by atoms with Gasteiger partial charge in [-0.3, -0.25) is 14.9 Å². The van der Waals surface area contributed by atoms with E-state index < -0.39 is 11.8 Å². The highest BCUT2D eigenvalue weighted by Gasteiger charge is 2.43. The summed E-state index contributed by atoms with van der Waals surface area (Å²) >= 11 is 0. The molecule has 29 heavy (non-hydrogen) atoms. The fourth-order valence-corrected chi connectivity index (χ4v) is 4.09. The van der Waals surface area contributed by atoms with E-state index in [-0.39, 0.29) is 0 Å². The first kappa shape index (κ1) is 19.2. The van der Waals surface area contributed by atoms with Gasteiger partial charge in [0.2, 0.25) is 0 Å². The number of aliphatic hydroxyl groups is 1. The van der Waals surface area contributed by atoms with Crippen molar-refractivity contribution in [1.29, 1.82) is 5.26 Å². The predicted octanol–water partition coefficient (Wildman–Crippen LogP) is 2.49. The monoisotopic (exact) mass is 386 g/mol. The second-order valence-corrected chi connectivity index (χ2v) is 7.10. The van der Waals surface area contributed by atoms with Crippen LogP contribution in [0.4, 0.5) is 0 Å². The number of nitriles is 1. The van der Waals surface area contributed by atoms with Crippen LogP contribution in [0.3, 0.4) is 0 Å². The van der Waals surface area contributed by atoms with E-state index in [1.807, 2.05) is 42.7 Å². The number of morpholine rings is 1. The minimum absolute atomic E-state index is 0.363. The van der Waals surface area contributed by atoms with Crippen LogP contribution in [-0.2, 0) is 16.7 Å². The maximum atomic E-state index is 10.2. The van der Waals surface area contributed by atoms with E-state index in [9.17, 15) is 10.4 Å². The molecule has 0 saturated carbocycles. The van der Waals surface area contributed by atoms with Gasteiger partial charge in [0.05, 0.1) is 30.3 Å². The Balaban J connectivity index is 1.91. The lowest BCUT2D eigenvalue weighted by atomic mass is 9.77. The topological polar surface area (TPSA) is 82.3 Å². The highest BCUT2D eigenvalue weighted by atomic mass is 16.6. The molecule has 0 bridgehead atoms. The van der Waals surface area contributed by atoms with E-state index >= 15 is 0 Å². The minimum Gasteiger partial charge on any atom is -0.367 e. The van der Waals surface area contributed by atoms with E-state index in [2.05, 4.69) is 33.1 Å². The zero-order chi connectivity index (χ0) is 20.1. The number of aliphatic hydroxyl groups excluding tert-OH is 1. The smallest absolute Gasteiger partial charge is 0.167 e. The summed E-state index contributed by atoms with van der Waals surface area (Å²) in [6.45, 7) is 1.45. The van der Waals surface area contributed by atoms with Crippen molar-refractivity contribution in [1.82, 2.24) is 14.9 Å². The van der Waals surface area contributed by atoms with Crippen LogP contribution in [0.25, 0.3) is 0 Å². The Morgan fingerprint density at radius 2 is 1.83 bits per heavy atom. The lowest BCUT2D eigenvalue weighted by Gasteiger charge is -2.47. The number of ether oxygens (including phenoxy) is 1. The van der Waals surface area contributed by atoms with Crippen molar-refractivity contribution in [3.8, 4) is 6.07 Å². The zero-order valence-corrected chi connectivity index (χ0v) is 16.0. The molecule has 6 nitrogen and oxygen atoms in total. The van der Waals surface area contributed by atoms with Crippen molar-refractivity contribution < 1.29 is 9.84 Å². The molecule has 1 atom stereocenters. The molecule has 146 valence electrons. The lowest BCUT2D eigenvalue weighted by Crippen LogP contribution is -2.55. The Labute approximate surface area is 170 Å². The first-order valence-corrected chi connectivity index (χ1v) is 9.57. The van der Waals surface area contributed by atoms with Crippen LogP contribution in [0, 0.1) is 11.3 Å². The second-order valence-electron chi connectivity index (χ2n) is 7.10. The van der Waals surface area contributed by atoms with E-state index in [1.54, 1.807) is 18.5 Å². The van der Waals surface area contributed by atoms with Crippen LogP contribution in [0.2, 0.25) is 0 Å². The maximum Gasteiger partial charge on any atom is 0.167 e. The van der Waals surface area contributed by atoms with Crippen molar-refractivity contribution in [2.45, 2.75) is 18.2 Å². The third-order valence-corrected chi connectivity index (χ3v) is 5.38. The molecule has 0 aliphatic carbocycles. The van der Waals surface area contributed by atoms with E-state index in [0.29, 0.717) is 31.7 Å². The summed E-state index contributed by atoms with van der Waals surface area (Å²) in [6, 6.07) is 17.8. The van der Waals surface area contributed by atoms with Crippen LogP contribution < -0.4 is 0 Å². The quantitative estimate of drug-likeness (QED) is 0.725. The van der Waals surface area contributed by atoms with Gasteiger partial charge in [-0.1, -0.05) is 24.3 Å². The van der Waals surface area contributed by atoms with Gasteiger partial charge in [0, 0.05) is 31.3 Å². The van der Waals surface area contributed by atoms with Crippen molar-refractivity contribution in [2.75, 3.05) is 19.7 Å². The first-order valence-electron chi connectivity index (χ1n) is 9.57. The molecule has 3 heterocycles. The number of benzene rings is 1. The zero-order valence-electron chi connectivity index (χ0n) is 16.0. The maximum absolute atomic E-state index is 10.2. The van der Waals surface area contributed by atoms with Crippen LogP contribution in [0.1, 0.15) is 22.3 Å². The summed E-state index contributed by atoms with van der Waals surface area (Å²) < 4.78 is 5.40. The third-order valence-electron chi connectivity index (χ3n) is 5.38. The van der Waals surface area contributed by atoms with Crippen LogP contribution in [-0.4, -0.2) is 46.0 Å². The Hall–Kier alpha value is -3.11. The summed E-state index contributed by atoms with van der Waals surface area (Å²) in [5, 5.41) is 19.6. The molecule has 2 aromatic heterocycles. The van der Waals surface area contributed by atoms with E-state index in [4.69, 9.17) is 4.74 Å². The van der Waals surface area contributed by atoms with Crippen molar-refractivity contribution in [3.05, 3.63) is 95.6 Å². The Bertz CT molecular complexity index is 949. The second kappa shape index (κ2) is 8.50. The van der Waals surface area contributed by atoms with Crippen molar-refractivity contribution in [3.63, 3.8) is 0 Å². The summed E-state index contributed by atoms with van der Waals surface area (Å²) in [5.41, 5.74) is 3.05. The minimum atomic E-state index is -0.859. The highest BCUT2D eigenvalue weighted by molar-refractivity contribution is 5.41. The van der Waals surface area contributed by atoms with Gasteiger partial charge in [-0.05, 0) is 47.4 Å². The molecule has 1 saturated heterocycles. The number of rotatable bonds is 5. The Morgan fingerprint density at radius 1 is 1.10 bits per heavy atom. The largest absolute Gasteiger partial charge is 0.367 e. The number of nitrogens with zero attached hydrogens (tertiary/aromatic N) is 4. The molecular formula is C23H22N4O2. The van der Waals surface area contributed by atoms with Crippen LogP contribution in [0.15, 0.2) is 73.3 Å². The van der Waals surface area contributed by atoms with Gasteiger partial charge < -0.3 is 9.84 Å². The number of β-amino-alcohol motifs (C(OH)–C–C–N with tert-alkyl or cyclic N) is 1. The molecule has 1 N–H and O–H groups in total. The molecule has 0 amide bonds. The molecule has 3 aromatic rings. The van der Waals surface area contributed by atoms with Gasteiger partial charge in [-0.2, -0.15) is 5.26 Å². The van der Waals surface area contributed by atoms with Crippen molar-refractivity contribution in [2.24, 2.45) is 0 Å². The average molecular weight is 386 g/mol. The summed E-state index contributed by atoms with van der Waals surface area (Å²) in [5.74, 6) is 0. The number of aromatic nitrogens is 2. The van der Waals surface area contributed by atoms with Gasteiger partial charge in [0.25, 0.3) is 0 Å². The summed E-state index contributed by atoms with van der Waals surface area (Å²) in [6.07, 6.45) is 6.98.